The third-order valence-electron chi connectivity index (χ3n) is 3.85. The van der Waals surface area contributed by atoms with Crippen LogP contribution in [0.15, 0.2) is 28.9 Å². The molecule has 0 N–H and O–H groups in total. The van der Waals surface area contributed by atoms with Crippen LogP contribution in [0.4, 0.5) is 0 Å². The molecule has 21 heavy (non-hydrogen) atoms. The summed E-state index contributed by atoms with van der Waals surface area (Å²) in [5, 5.41) is 8.67. The highest BCUT2D eigenvalue weighted by Gasteiger charge is 2.19. The second-order valence-corrected chi connectivity index (χ2v) is 5.75. The molecule has 2 aromatic rings. The van der Waals surface area contributed by atoms with E-state index in [2.05, 4.69) is 39.6 Å². The minimum Gasteiger partial charge on any atom is -0.465 e. The van der Waals surface area contributed by atoms with Gasteiger partial charge >= 0.3 is 0 Å². The Kier molecular flexibility index (Phi) is 4.20. The van der Waals surface area contributed by atoms with Crippen LogP contribution in [0.25, 0.3) is 6.08 Å². The fraction of sp³-hybridized carbons (Fsp3) is 0.500. The van der Waals surface area contributed by atoms with Gasteiger partial charge in [0.25, 0.3) is 0 Å². The number of hydrogen-bond acceptors (Lipinski definition) is 4. The van der Waals surface area contributed by atoms with Crippen molar-refractivity contribution in [3.05, 3.63) is 41.9 Å². The first-order chi connectivity index (χ1) is 10.2. The van der Waals surface area contributed by atoms with Gasteiger partial charge < -0.3 is 8.98 Å². The second kappa shape index (κ2) is 6.26. The summed E-state index contributed by atoms with van der Waals surface area (Å²) in [7, 11) is 0. The lowest BCUT2D eigenvalue weighted by atomic mass is 10.2. The maximum absolute atomic E-state index is 5.30. The Morgan fingerprint density at radius 1 is 1.29 bits per heavy atom. The molecule has 3 heterocycles. The fourth-order valence-corrected chi connectivity index (χ4v) is 2.70. The summed E-state index contributed by atoms with van der Waals surface area (Å²) in [5.41, 5.74) is 0. The Morgan fingerprint density at radius 2 is 2.19 bits per heavy atom. The van der Waals surface area contributed by atoms with Crippen LogP contribution < -0.4 is 0 Å². The largest absolute Gasteiger partial charge is 0.465 e. The molecule has 2 aromatic heterocycles. The van der Waals surface area contributed by atoms with Crippen molar-refractivity contribution in [1.82, 2.24) is 19.7 Å². The van der Waals surface area contributed by atoms with Crippen LogP contribution in [-0.4, -0.2) is 39.3 Å². The average Bonchev–Trinajstić information content (AvgIpc) is 3.07. The van der Waals surface area contributed by atoms with Gasteiger partial charge in [0, 0.05) is 38.5 Å². The van der Waals surface area contributed by atoms with Gasteiger partial charge in [0.2, 0.25) is 0 Å². The SMILES string of the molecule is CC(C)c1nnc2n1CCN(C/C=C/c1ccco1)CC2. The molecule has 3 rings (SSSR count). The maximum Gasteiger partial charge on any atom is 0.135 e. The maximum atomic E-state index is 5.30. The Bertz CT molecular complexity index is 598. The van der Waals surface area contributed by atoms with E-state index in [9.17, 15) is 0 Å². The number of rotatable bonds is 4. The summed E-state index contributed by atoms with van der Waals surface area (Å²) in [6.07, 6.45) is 6.86. The zero-order valence-electron chi connectivity index (χ0n) is 12.7. The molecule has 0 radical (unpaired) electrons. The molecule has 0 amide bonds. The van der Waals surface area contributed by atoms with E-state index in [4.69, 9.17) is 4.42 Å². The third-order valence-corrected chi connectivity index (χ3v) is 3.85. The normalized spacial score (nSPS) is 16.5. The van der Waals surface area contributed by atoms with E-state index in [1.807, 2.05) is 18.2 Å². The molecule has 0 unspecified atom stereocenters. The lowest BCUT2D eigenvalue weighted by Crippen LogP contribution is -2.27. The summed E-state index contributed by atoms with van der Waals surface area (Å²) >= 11 is 0. The van der Waals surface area contributed by atoms with Gasteiger partial charge in [-0.15, -0.1) is 10.2 Å². The zero-order chi connectivity index (χ0) is 14.7. The highest BCUT2D eigenvalue weighted by molar-refractivity contribution is 5.42. The van der Waals surface area contributed by atoms with Gasteiger partial charge in [-0.1, -0.05) is 19.9 Å². The molecule has 0 aliphatic carbocycles. The Labute approximate surface area is 125 Å². The van der Waals surface area contributed by atoms with Crippen LogP contribution in [-0.2, 0) is 13.0 Å². The monoisotopic (exact) mass is 286 g/mol. The third kappa shape index (κ3) is 3.24. The summed E-state index contributed by atoms with van der Waals surface area (Å²) in [6, 6.07) is 3.88. The van der Waals surface area contributed by atoms with Crippen molar-refractivity contribution in [2.24, 2.45) is 0 Å². The van der Waals surface area contributed by atoms with E-state index in [1.165, 1.54) is 0 Å². The van der Waals surface area contributed by atoms with Gasteiger partial charge in [0.15, 0.2) is 0 Å². The van der Waals surface area contributed by atoms with Crippen molar-refractivity contribution in [2.45, 2.75) is 32.7 Å². The van der Waals surface area contributed by atoms with E-state index in [-0.39, 0.29) is 0 Å². The van der Waals surface area contributed by atoms with Gasteiger partial charge in [0.1, 0.15) is 17.4 Å². The minimum absolute atomic E-state index is 0.427. The molecule has 0 saturated heterocycles. The lowest BCUT2D eigenvalue weighted by Gasteiger charge is -2.17. The quantitative estimate of drug-likeness (QED) is 0.866. The van der Waals surface area contributed by atoms with Crippen LogP contribution in [0, 0.1) is 0 Å². The average molecular weight is 286 g/mol. The van der Waals surface area contributed by atoms with Gasteiger partial charge in [-0.05, 0) is 18.2 Å². The van der Waals surface area contributed by atoms with Gasteiger partial charge in [0.05, 0.1) is 6.26 Å². The van der Waals surface area contributed by atoms with Crippen molar-refractivity contribution in [3.63, 3.8) is 0 Å². The topological polar surface area (TPSA) is 47.1 Å². The Balaban J connectivity index is 1.60. The minimum atomic E-state index is 0.427. The molecule has 1 aliphatic rings. The Morgan fingerprint density at radius 3 is 2.95 bits per heavy atom. The molecular formula is C16H22N4O. The van der Waals surface area contributed by atoms with E-state index in [1.54, 1.807) is 6.26 Å². The van der Waals surface area contributed by atoms with E-state index >= 15 is 0 Å². The van der Waals surface area contributed by atoms with E-state index in [0.717, 1.165) is 50.0 Å². The van der Waals surface area contributed by atoms with E-state index in [0.29, 0.717) is 5.92 Å². The summed E-state index contributed by atoms with van der Waals surface area (Å²) in [5.74, 6) is 3.56. The number of nitrogens with zero attached hydrogens (tertiary/aromatic N) is 4. The number of furan rings is 1. The molecular weight excluding hydrogens is 264 g/mol. The number of hydrogen-bond donors (Lipinski definition) is 0. The predicted octanol–water partition coefficient (Wildman–Crippen LogP) is 2.57. The molecule has 5 nitrogen and oxygen atoms in total. The van der Waals surface area contributed by atoms with Gasteiger partial charge in [-0.25, -0.2) is 0 Å². The molecule has 0 fully saturated rings. The van der Waals surface area contributed by atoms with Gasteiger partial charge in [-0.2, -0.15) is 0 Å². The molecule has 112 valence electrons. The highest BCUT2D eigenvalue weighted by atomic mass is 16.3. The van der Waals surface area contributed by atoms with Crippen molar-refractivity contribution in [3.8, 4) is 0 Å². The van der Waals surface area contributed by atoms with Crippen LogP contribution in [0.5, 0.6) is 0 Å². The predicted molar refractivity (Wildman–Crippen MR) is 82.0 cm³/mol. The summed E-state index contributed by atoms with van der Waals surface area (Å²) < 4.78 is 7.59. The van der Waals surface area contributed by atoms with Crippen molar-refractivity contribution >= 4 is 6.08 Å². The first kappa shape index (κ1) is 14.1. The van der Waals surface area contributed by atoms with Crippen molar-refractivity contribution < 1.29 is 4.42 Å². The summed E-state index contributed by atoms with van der Waals surface area (Å²) in [4.78, 5) is 2.44. The molecule has 1 aliphatic heterocycles. The van der Waals surface area contributed by atoms with Crippen molar-refractivity contribution in [1.29, 1.82) is 0 Å². The second-order valence-electron chi connectivity index (χ2n) is 5.75. The first-order valence-electron chi connectivity index (χ1n) is 7.58. The number of aromatic nitrogens is 3. The molecule has 0 saturated carbocycles. The fourth-order valence-electron chi connectivity index (χ4n) is 2.70. The number of fused-ring (bicyclic) bond motifs is 1. The van der Waals surface area contributed by atoms with Crippen LogP contribution in [0.1, 0.15) is 37.2 Å². The lowest BCUT2D eigenvalue weighted by molar-refractivity contribution is 0.307. The van der Waals surface area contributed by atoms with Crippen LogP contribution in [0.3, 0.4) is 0 Å². The Hall–Kier alpha value is -1.88. The molecule has 0 atom stereocenters. The smallest absolute Gasteiger partial charge is 0.135 e. The van der Waals surface area contributed by atoms with Crippen LogP contribution in [0.2, 0.25) is 0 Å². The van der Waals surface area contributed by atoms with Crippen LogP contribution >= 0.6 is 0 Å². The first-order valence-corrected chi connectivity index (χ1v) is 7.58. The molecule has 0 spiro atoms. The van der Waals surface area contributed by atoms with E-state index < -0.39 is 0 Å². The molecule has 0 bridgehead atoms. The highest BCUT2D eigenvalue weighted by Crippen LogP contribution is 2.16. The summed E-state index contributed by atoms with van der Waals surface area (Å²) in [6.45, 7) is 8.32. The van der Waals surface area contributed by atoms with Crippen molar-refractivity contribution in [2.75, 3.05) is 19.6 Å². The molecule has 0 aromatic carbocycles. The molecule has 5 heteroatoms. The standard InChI is InChI=1S/C16H22N4O/c1-13(2)16-18-17-15-7-9-19(10-11-20(15)16)8-3-5-14-6-4-12-21-14/h3-6,12-13H,7-11H2,1-2H3/b5-3+. The van der Waals surface area contributed by atoms with Gasteiger partial charge in [-0.3, -0.25) is 4.90 Å². The zero-order valence-corrected chi connectivity index (χ0v) is 12.7.